The van der Waals surface area contributed by atoms with Crippen LogP contribution in [-0.4, -0.2) is 11.1 Å². The largest absolute Gasteiger partial charge is 0.478 e. The van der Waals surface area contributed by atoms with Gasteiger partial charge in [-0.2, -0.15) is 5.12 Å². The lowest BCUT2D eigenvalue weighted by atomic mass is 10.1. The van der Waals surface area contributed by atoms with E-state index in [2.05, 4.69) is 0 Å². The Morgan fingerprint density at radius 1 is 1.26 bits per heavy atom. The van der Waals surface area contributed by atoms with E-state index in [4.69, 9.17) is 16.7 Å². The highest BCUT2D eigenvalue weighted by Crippen LogP contribution is 2.30. The molecule has 0 spiro atoms. The number of rotatable bonds is 3. The number of anilines is 2. The summed E-state index contributed by atoms with van der Waals surface area (Å²) in [6.07, 6.45) is 0. The molecule has 0 heterocycles. The molecule has 5 heteroatoms. The molecular weight excluding hydrogens is 269 g/mol. The topological polar surface area (TPSA) is 40.5 Å². The number of nitrogens with zero attached hydrogens (tertiary/aromatic N) is 1. The van der Waals surface area contributed by atoms with Crippen LogP contribution in [0.2, 0.25) is 5.02 Å². The molecule has 0 radical (unpaired) electrons. The third-order valence-electron chi connectivity index (χ3n) is 2.69. The van der Waals surface area contributed by atoms with Crippen molar-refractivity contribution in [3.8, 4) is 0 Å². The van der Waals surface area contributed by atoms with Gasteiger partial charge in [-0.25, -0.2) is 4.79 Å². The number of halogens is 2. The number of hydrogen-bond donors (Lipinski definition) is 1. The number of hydrogen-bond acceptors (Lipinski definition) is 2. The van der Waals surface area contributed by atoms with Gasteiger partial charge in [-0.3, -0.25) is 0 Å². The summed E-state index contributed by atoms with van der Waals surface area (Å²) in [7, 11) is 0. The van der Waals surface area contributed by atoms with Crippen LogP contribution in [0.5, 0.6) is 0 Å². The van der Waals surface area contributed by atoms with Crippen molar-refractivity contribution < 1.29 is 14.4 Å². The summed E-state index contributed by atoms with van der Waals surface area (Å²) in [5, 5.41) is 9.86. The van der Waals surface area contributed by atoms with Gasteiger partial charge in [0.2, 0.25) is 0 Å². The van der Waals surface area contributed by atoms with Gasteiger partial charge in [0.25, 0.3) is 0 Å². The fourth-order valence-corrected chi connectivity index (χ4v) is 1.97. The number of carboxylic acids is 1. The van der Waals surface area contributed by atoms with Crippen LogP contribution in [0.1, 0.15) is 15.9 Å². The summed E-state index contributed by atoms with van der Waals surface area (Å²) < 4.78 is 14.3. The molecule has 0 saturated heterocycles. The van der Waals surface area contributed by atoms with Crippen LogP contribution in [0.4, 0.5) is 15.9 Å². The Morgan fingerprint density at radius 2 is 2.00 bits per heavy atom. The van der Waals surface area contributed by atoms with Crippen LogP contribution in [0, 0.1) is 6.92 Å². The Kier molecular flexibility index (Phi) is 3.71. The third-order valence-corrected chi connectivity index (χ3v) is 2.93. The van der Waals surface area contributed by atoms with Crippen molar-refractivity contribution in [2.75, 3.05) is 5.12 Å². The Morgan fingerprint density at radius 3 is 2.63 bits per heavy atom. The van der Waals surface area contributed by atoms with Crippen LogP contribution in [0.3, 0.4) is 0 Å². The van der Waals surface area contributed by atoms with E-state index < -0.39 is 5.97 Å². The van der Waals surface area contributed by atoms with Crippen molar-refractivity contribution in [1.29, 1.82) is 0 Å². The molecule has 0 bridgehead atoms. The molecule has 2 aromatic carbocycles. The van der Waals surface area contributed by atoms with E-state index in [1.54, 1.807) is 25.1 Å². The van der Waals surface area contributed by atoms with E-state index >= 15 is 0 Å². The van der Waals surface area contributed by atoms with E-state index in [0.717, 1.165) is 0 Å². The zero-order chi connectivity index (χ0) is 14.0. The maximum absolute atomic E-state index is 14.3. The quantitative estimate of drug-likeness (QED) is 0.848. The van der Waals surface area contributed by atoms with Crippen LogP contribution in [-0.2, 0) is 0 Å². The molecule has 1 N–H and O–H groups in total. The number of aromatic carboxylic acids is 1. The number of benzene rings is 2. The second kappa shape index (κ2) is 5.28. The van der Waals surface area contributed by atoms with Crippen molar-refractivity contribution in [3.05, 3.63) is 58.6 Å². The predicted octanol–water partition coefficient (Wildman–Crippen LogP) is 4.37. The first kappa shape index (κ1) is 13.4. The summed E-state index contributed by atoms with van der Waals surface area (Å²) in [5.41, 5.74) is 1.18. The highest BCUT2D eigenvalue weighted by atomic mass is 35.5. The second-order valence-electron chi connectivity index (χ2n) is 4.07. The summed E-state index contributed by atoms with van der Waals surface area (Å²) in [6, 6.07) is 10.5. The average Bonchev–Trinajstić information content (AvgIpc) is 2.38. The molecule has 0 aromatic heterocycles. The van der Waals surface area contributed by atoms with Gasteiger partial charge in [0.1, 0.15) is 0 Å². The fourth-order valence-electron chi connectivity index (χ4n) is 1.74. The van der Waals surface area contributed by atoms with E-state index in [-0.39, 0.29) is 11.3 Å². The molecule has 0 saturated carbocycles. The van der Waals surface area contributed by atoms with Gasteiger partial charge in [0, 0.05) is 5.02 Å². The number of carbonyl (C=O) groups is 1. The first-order valence-electron chi connectivity index (χ1n) is 5.54. The smallest absolute Gasteiger partial charge is 0.335 e. The molecule has 0 fully saturated rings. The molecular formula is C14H11ClFNO2. The molecule has 0 aliphatic carbocycles. The van der Waals surface area contributed by atoms with Gasteiger partial charge in [0.05, 0.1) is 16.9 Å². The standard InChI is InChI=1S/C14H11ClFNO2/c1-9-7-11(15)5-6-13(9)17(16)12-4-2-3-10(8-12)14(18)19/h2-8H,1H3,(H,18,19). The predicted molar refractivity (Wildman–Crippen MR) is 72.8 cm³/mol. The fraction of sp³-hybridized carbons (Fsp3) is 0.0714. The zero-order valence-electron chi connectivity index (χ0n) is 10.1. The van der Waals surface area contributed by atoms with Gasteiger partial charge >= 0.3 is 5.97 Å². The van der Waals surface area contributed by atoms with E-state index in [9.17, 15) is 9.28 Å². The van der Waals surface area contributed by atoms with Gasteiger partial charge < -0.3 is 5.11 Å². The Labute approximate surface area is 114 Å². The van der Waals surface area contributed by atoms with Gasteiger partial charge in [0.15, 0.2) is 0 Å². The van der Waals surface area contributed by atoms with Crippen molar-refractivity contribution in [2.24, 2.45) is 0 Å². The summed E-state index contributed by atoms with van der Waals surface area (Å²) >= 11 is 5.82. The lowest BCUT2D eigenvalue weighted by Crippen LogP contribution is -2.06. The van der Waals surface area contributed by atoms with Crippen molar-refractivity contribution in [3.63, 3.8) is 0 Å². The van der Waals surface area contributed by atoms with E-state index in [1.165, 1.54) is 24.3 Å². The molecule has 2 aromatic rings. The first-order chi connectivity index (χ1) is 8.99. The molecule has 98 valence electrons. The second-order valence-corrected chi connectivity index (χ2v) is 4.50. The summed E-state index contributed by atoms with van der Waals surface area (Å²) in [5.74, 6) is -1.09. The molecule has 0 aliphatic heterocycles. The Bertz CT molecular complexity index is 631. The molecule has 0 unspecified atom stereocenters. The monoisotopic (exact) mass is 279 g/mol. The molecule has 0 aliphatic rings. The number of carboxylic acid groups (broad SMARTS) is 1. The lowest BCUT2D eigenvalue weighted by molar-refractivity contribution is 0.0697. The lowest BCUT2D eigenvalue weighted by Gasteiger charge is -2.16. The van der Waals surface area contributed by atoms with E-state index in [0.29, 0.717) is 21.4 Å². The minimum atomic E-state index is -1.09. The van der Waals surface area contributed by atoms with Crippen molar-refractivity contribution in [1.82, 2.24) is 0 Å². The van der Waals surface area contributed by atoms with Gasteiger partial charge in [-0.1, -0.05) is 22.1 Å². The molecule has 2 rings (SSSR count). The minimum absolute atomic E-state index is 0.0340. The third kappa shape index (κ3) is 2.85. The van der Waals surface area contributed by atoms with Crippen LogP contribution in [0.25, 0.3) is 0 Å². The molecule has 0 amide bonds. The average molecular weight is 280 g/mol. The maximum atomic E-state index is 14.3. The minimum Gasteiger partial charge on any atom is -0.478 e. The molecule has 3 nitrogen and oxygen atoms in total. The molecule has 19 heavy (non-hydrogen) atoms. The SMILES string of the molecule is Cc1cc(Cl)ccc1N(F)c1cccc(C(=O)O)c1. The van der Waals surface area contributed by atoms with Gasteiger partial charge in [-0.05, 0) is 48.9 Å². The van der Waals surface area contributed by atoms with E-state index in [1.807, 2.05) is 0 Å². The highest BCUT2D eigenvalue weighted by Gasteiger charge is 2.13. The number of aryl methyl sites for hydroxylation is 1. The Hall–Kier alpha value is -2.07. The van der Waals surface area contributed by atoms with Crippen molar-refractivity contribution in [2.45, 2.75) is 6.92 Å². The van der Waals surface area contributed by atoms with Crippen molar-refractivity contribution >= 4 is 28.9 Å². The zero-order valence-corrected chi connectivity index (χ0v) is 10.9. The Balaban J connectivity index is 2.41. The maximum Gasteiger partial charge on any atom is 0.335 e. The summed E-state index contributed by atoms with van der Waals surface area (Å²) in [6.45, 7) is 1.73. The van der Waals surface area contributed by atoms with Crippen LogP contribution in [0.15, 0.2) is 42.5 Å². The first-order valence-corrected chi connectivity index (χ1v) is 5.92. The van der Waals surface area contributed by atoms with Crippen LogP contribution < -0.4 is 5.12 Å². The normalized spacial score (nSPS) is 10.3. The molecule has 0 atom stereocenters. The van der Waals surface area contributed by atoms with Crippen LogP contribution >= 0.6 is 11.6 Å². The van der Waals surface area contributed by atoms with Gasteiger partial charge in [-0.15, -0.1) is 0 Å². The highest BCUT2D eigenvalue weighted by molar-refractivity contribution is 6.30. The summed E-state index contributed by atoms with van der Waals surface area (Å²) in [4.78, 5) is 10.9.